The van der Waals surface area contributed by atoms with Gasteiger partial charge in [0.25, 0.3) is 5.22 Å². The van der Waals surface area contributed by atoms with E-state index in [2.05, 4.69) is 22.4 Å². The van der Waals surface area contributed by atoms with E-state index >= 15 is 0 Å². The molecule has 1 N–H and O–H groups in total. The summed E-state index contributed by atoms with van der Waals surface area (Å²) in [6.07, 6.45) is 1.04. The number of hydrogen-bond acceptors (Lipinski definition) is 5. The van der Waals surface area contributed by atoms with Gasteiger partial charge in [0.05, 0.1) is 4.90 Å². The summed E-state index contributed by atoms with van der Waals surface area (Å²) in [7, 11) is 0. The van der Waals surface area contributed by atoms with Gasteiger partial charge >= 0.3 is 0 Å². The van der Waals surface area contributed by atoms with Gasteiger partial charge in [-0.2, -0.15) is 0 Å². The Hall–Kier alpha value is -1.40. The number of aromatic nitrogens is 2. The molecule has 1 aromatic heterocycles. The van der Waals surface area contributed by atoms with E-state index in [1.54, 1.807) is 13.0 Å². The molecule has 0 aliphatic rings. The Morgan fingerprint density at radius 1 is 1.37 bits per heavy atom. The molecule has 1 aromatic carbocycles. The van der Waals surface area contributed by atoms with E-state index in [9.17, 15) is 4.39 Å². The highest BCUT2D eigenvalue weighted by Crippen LogP contribution is 2.31. The number of benzene rings is 1. The van der Waals surface area contributed by atoms with Crippen LogP contribution in [0.15, 0.2) is 32.7 Å². The van der Waals surface area contributed by atoms with E-state index in [1.807, 2.05) is 6.07 Å². The number of aryl methyl sites for hydroxylation is 1. The van der Waals surface area contributed by atoms with Crippen LogP contribution in [0.4, 0.5) is 4.39 Å². The third-order valence-electron chi connectivity index (χ3n) is 2.49. The van der Waals surface area contributed by atoms with Crippen LogP contribution < -0.4 is 5.32 Å². The average molecular weight is 281 g/mol. The Kier molecular flexibility index (Phi) is 4.93. The standard InChI is InChI=1S/C13H16FN3OS/c1-3-7-15-8-10-5-4-6-11(14)12(10)19-13-17-16-9(2)18-13/h4-6,15H,3,7-8H2,1-2H3. The largest absolute Gasteiger partial charge is 0.416 e. The van der Waals surface area contributed by atoms with Crippen LogP contribution in [0.1, 0.15) is 24.8 Å². The van der Waals surface area contributed by atoms with Crippen molar-refractivity contribution in [2.24, 2.45) is 0 Å². The van der Waals surface area contributed by atoms with Crippen LogP contribution in [-0.4, -0.2) is 16.7 Å². The van der Waals surface area contributed by atoms with Crippen LogP contribution in [0.25, 0.3) is 0 Å². The second-order valence-electron chi connectivity index (χ2n) is 4.09. The number of rotatable bonds is 6. The number of nitrogens with one attached hydrogen (secondary N) is 1. The van der Waals surface area contributed by atoms with Gasteiger partial charge in [-0.1, -0.05) is 19.1 Å². The molecule has 0 radical (unpaired) electrons. The van der Waals surface area contributed by atoms with Crippen molar-refractivity contribution in [1.82, 2.24) is 15.5 Å². The molecule has 0 saturated heterocycles. The molecule has 0 aliphatic carbocycles. The molecule has 0 unspecified atom stereocenters. The molecule has 0 fully saturated rings. The summed E-state index contributed by atoms with van der Waals surface area (Å²) < 4.78 is 19.2. The van der Waals surface area contributed by atoms with Gasteiger partial charge < -0.3 is 9.73 Å². The van der Waals surface area contributed by atoms with Crippen LogP contribution in [-0.2, 0) is 6.54 Å². The van der Waals surface area contributed by atoms with Gasteiger partial charge in [-0.15, -0.1) is 10.2 Å². The Labute approximate surface area is 115 Å². The molecular formula is C13H16FN3OS. The topological polar surface area (TPSA) is 51.0 Å². The summed E-state index contributed by atoms with van der Waals surface area (Å²) in [5.74, 6) is 0.209. The van der Waals surface area contributed by atoms with Gasteiger partial charge in [0, 0.05) is 13.5 Å². The van der Waals surface area contributed by atoms with Gasteiger partial charge in [-0.05, 0) is 36.4 Å². The third kappa shape index (κ3) is 3.78. The SMILES string of the molecule is CCCNCc1cccc(F)c1Sc1nnc(C)o1. The molecule has 4 nitrogen and oxygen atoms in total. The van der Waals surface area contributed by atoms with Gasteiger partial charge in [-0.25, -0.2) is 4.39 Å². The Bertz CT molecular complexity index is 544. The summed E-state index contributed by atoms with van der Waals surface area (Å²) in [5.41, 5.74) is 0.898. The summed E-state index contributed by atoms with van der Waals surface area (Å²) in [5, 5.41) is 11.2. The second-order valence-corrected chi connectivity index (χ2v) is 5.06. The third-order valence-corrected chi connectivity index (χ3v) is 3.49. The monoisotopic (exact) mass is 281 g/mol. The van der Waals surface area contributed by atoms with Crippen molar-refractivity contribution >= 4 is 11.8 Å². The highest BCUT2D eigenvalue weighted by atomic mass is 32.2. The normalized spacial score (nSPS) is 10.9. The maximum atomic E-state index is 13.9. The summed E-state index contributed by atoms with van der Waals surface area (Å²) >= 11 is 1.16. The molecule has 0 aliphatic heterocycles. The van der Waals surface area contributed by atoms with Crippen molar-refractivity contribution in [2.75, 3.05) is 6.54 Å². The molecule has 0 saturated carbocycles. The van der Waals surface area contributed by atoms with Crippen molar-refractivity contribution in [1.29, 1.82) is 0 Å². The van der Waals surface area contributed by atoms with E-state index in [0.717, 1.165) is 30.3 Å². The van der Waals surface area contributed by atoms with Crippen LogP contribution in [0.2, 0.25) is 0 Å². The van der Waals surface area contributed by atoms with Crippen LogP contribution >= 0.6 is 11.8 Å². The lowest BCUT2D eigenvalue weighted by atomic mass is 10.2. The van der Waals surface area contributed by atoms with E-state index in [1.165, 1.54) is 6.07 Å². The van der Waals surface area contributed by atoms with Crippen molar-refractivity contribution in [3.8, 4) is 0 Å². The fraction of sp³-hybridized carbons (Fsp3) is 0.385. The fourth-order valence-corrected chi connectivity index (χ4v) is 2.47. The highest BCUT2D eigenvalue weighted by Gasteiger charge is 2.13. The minimum absolute atomic E-state index is 0.267. The van der Waals surface area contributed by atoms with Gasteiger partial charge in [0.15, 0.2) is 0 Å². The van der Waals surface area contributed by atoms with E-state index in [-0.39, 0.29) is 5.82 Å². The molecule has 2 rings (SSSR count). The summed E-state index contributed by atoms with van der Waals surface area (Å²) in [4.78, 5) is 0.537. The van der Waals surface area contributed by atoms with Crippen LogP contribution in [0, 0.1) is 12.7 Å². The zero-order chi connectivity index (χ0) is 13.7. The van der Waals surface area contributed by atoms with Crippen molar-refractivity contribution < 1.29 is 8.81 Å². The minimum atomic E-state index is -0.267. The minimum Gasteiger partial charge on any atom is -0.416 e. The zero-order valence-electron chi connectivity index (χ0n) is 10.9. The fourth-order valence-electron chi connectivity index (χ4n) is 1.61. The van der Waals surface area contributed by atoms with E-state index in [0.29, 0.717) is 22.6 Å². The highest BCUT2D eigenvalue weighted by molar-refractivity contribution is 7.99. The molecular weight excluding hydrogens is 265 g/mol. The molecule has 19 heavy (non-hydrogen) atoms. The van der Waals surface area contributed by atoms with Crippen molar-refractivity contribution in [3.05, 3.63) is 35.5 Å². The predicted molar refractivity (Wildman–Crippen MR) is 71.6 cm³/mol. The Morgan fingerprint density at radius 3 is 2.89 bits per heavy atom. The number of hydrogen-bond donors (Lipinski definition) is 1. The lowest BCUT2D eigenvalue weighted by Crippen LogP contribution is -2.14. The molecule has 0 atom stereocenters. The Balaban J connectivity index is 2.17. The van der Waals surface area contributed by atoms with E-state index in [4.69, 9.17) is 4.42 Å². The quantitative estimate of drug-likeness (QED) is 0.824. The van der Waals surface area contributed by atoms with Crippen molar-refractivity contribution in [3.63, 3.8) is 0 Å². The predicted octanol–water partition coefficient (Wildman–Crippen LogP) is 3.17. The lowest BCUT2D eigenvalue weighted by molar-refractivity contribution is 0.428. The first-order valence-corrected chi connectivity index (χ1v) is 6.98. The van der Waals surface area contributed by atoms with Gasteiger partial charge in [0.2, 0.25) is 5.89 Å². The first kappa shape index (κ1) is 14.0. The molecule has 0 bridgehead atoms. The van der Waals surface area contributed by atoms with Crippen LogP contribution in [0.3, 0.4) is 0 Å². The zero-order valence-corrected chi connectivity index (χ0v) is 11.8. The maximum absolute atomic E-state index is 13.9. The van der Waals surface area contributed by atoms with Gasteiger partial charge in [0.1, 0.15) is 5.82 Å². The second kappa shape index (κ2) is 6.68. The van der Waals surface area contributed by atoms with Crippen molar-refractivity contribution in [2.45, 2.75) is 36.9 Å². The maximum Gasteiger partial charge on any atom is 0.281 e. The summed E-state index contributed by atoms with van der Waals surface area (Å²) in [6, 6.07) is 5.05. The van der Waals surface area contributed by atoms with E-state index < -0.39 is 0 Å². The van der Waals surface area contributed by atoms with Gasteiger partial charge in [-0.3, -0.25) is 0 Å². The molecule has 0 spiro atoms. The number of nitrogens with zero attached hydrogens (tertiary/aromatic N) is 2. The first-order chi connectivity index (χ1) is 9.20. The number of halogens is 1. The molecule has 102 valence electrons. The lowest BCUT2D eigenvalue weighted by Gasteiger charge is -2.09. The Morgan fingerprint density at radius 2 is 2.21 bits per heavy atom. The summed E-state index contributed by atoms with van der Waals surface area (Å²) in [6.45, 7) is 5.33. The molecule has 1 heterocycles. The van der Waals surface area contributed by atoms with Crippen LogP contribution in [0.5, 0.6) is 0 Å². The first-order valence-electron chi connectivity index (χ1n) is 6.16. The smallest absolute Gasteiger partial charge is 0.281 e. The average Bonchev–Trinajstić information content (AvgIpc) is 2.79. The molecule has 0 amide bonds. The molecule has 2 aromatic rings. The molecule has 6 heteroatoms.